The second-order valence-corrected chi connectivity index (χ2v) is 3.20. The van der Waals surface area contributed by atoms with E-state index in [-0.39, 0.29) is 12.1 Å². The van der Waals surface area contributed by atoms with Crippen molar-refractivity contribution in [1.29, 1.82) is 0 Å². The maximum absolute atomic E-state index is 11.3. The van der Waals surface area contributed by atoms with Gasteiger partial charge in [0, 0.05) is 13.1 Å². The van der Waals surface area contributed by atoms with E-state index >= 15 is 0 Å². The number of hydrogen-bond donors (Lipinski definition) is 3. The summed E-state index contributed by atoms with van der Waals surface area (Å²) in [6.07, 6.45) is 0. The van der Waals surface area contributed by atoms with E-state index in [1.54, 1.807) is 0 Å². The van der Waals surface area contributed by atoms with E-state index in [2.05, 4.69) is 10.6 Å². The molecule has 0 aliphatic heterocycles. The summed E-state index contributed by atoms with van der Waals surface area (Å²) in [5, 5.41) is 5.48. The topological polar surface area (TPSA) is 67.2 Å². The van der Waals surface area contributed by atoms with Gasteiger partial charge in [-0.3, -0.25) is 0 Å². The van der Waals surface area contributed by atoms with E-state index in [4.69, 9.17) is 5.73 Å². The second-order valence-electron chi connectivity index (χ2n) is 3.20. The Morgan fingerprint density at radius 2 is 2.07 bits per heavy atom. The molecule has 82 valence electrons. The van der Waals surface area contributed by atoms with Crippen LogP contribution in [-0.4, -0.2) is 19.1 Å². The van der Waals surface area contributed by atoms with E-state index in [0.717, 1.165) is 5.56 Å². The largest absolute Gasteiger partial charge is 0.338 e. The SMILES string of the molecule is CCNC(=O)NC(CN)c1ccccc1. The number of amides is 2. The summed E-state index contributed by atoms with van der Waals surface area (Å²) in [7, 11) is 0. The Bertz CT molecular complexity index is 300. The minimum Gasteiger partial charge on any atom is -0.338 e. The van der Waals surface area contributed by atoms with Crippen LogP contribution in [0.15, 0.2) is 30.3 Å². The van der Waals surface area contributed by atoms with Gasteiger partial charge >= 0.3 is 6.03 Å². The Balaban J connectivity index is 2.61. The van der Waals surface area contributed by atoms with E-state index < -0.39 is 0 Å². The Kier molecular flexibility index (Phi) is 4.63. The number of hydrogen-bond acceptors (Lipinski definition) is 2. The molecule has 1 unspecified atom stereocenters. The molecule has 0 aromatic heterocycles. The Morgan fingerprint density at radius 1 is 1.40 bits per heavy atom. The van der Waals surface area contributed by atoms with Crippen molar-refractivity contribution in [3.8, 4) is 0 Å². The third-order valence-corrected chi connectivity index (χ3v) is 2.08. The molecule has 4 N–H and O–H groups in total. The first-order valence-electron chi connectivity index (χ1n) is 5.07. The number of nitrogens with one attached hydrogen (secondary N) is 2. The molecule has 15 heavy (non-hydrogen) atoms. The Hall–Kier alpha value is -1.55. The maximum atomic E-state index is 11.3. The lowest BCUT2D eigenvalue weighted by Gasteiger charge is -2.17. The van der Waals surface area contributed by atoms with E-state index in [0.29, 0.717) is 13.1 Å². The van der Waals surface area contributed by atoms with Gasteiger partial charge in [0.05, 0.1) is 6.04 Å². The van der Waals surface area contributed by atoms with Crippen LogP contribution in [0.4, 0.5) is 4.79 Å². The Morgan fingerprint density at radius 3 is 2.60 bits per heavy atom. The van der Waals surface area contributed by atoms with Gasteiger partial charge in [-0.05, 0) is 12.5 Å². The summed E-state index contributed by atoms with van der Waals surface area (Å²) in [5.41, 5.74) is 6.63. The lowest BCUT2D eigenvalue weighted by Crippen LogP contribution is -2.40. The highest BCUT2D eigenvalue weighted by molar-refractivity contribution is 5.74. The minimum absolute atomic E-state index is 0.127. The summed E-state index contributed by atoms with van der Waals surface area (Å²) >= 11 is 0. The van der Waals surface area contributed by atoms with Crippen molar-refractivity contribution in [3.63, 3.8) is 0 Å². The standard InChI is InChI=1S/C11H17N3O/c1-2-13-11(15)14-10(8-12)9-6-4-3-5-7-9/h3-7,10H,2,8,12H2,1H3,(H2,13,14,15). The zero-order chi connectivity index (χ0) is 11.1. The van der Waals surface area contributed by atoms with Crippen molar-refractivity contribution in [2.45, 2.75) is 13.0 Å². The molecule has 0 saturated carbocycles. The molecule has 4 heteroatoms. The molecule has 0 saturated heterocycles. The summed E-state index contributed by atoms with van der Waals surface area (Å²) < 4.78 is 0. The van der Waals surface area contributed by atoms with Crippen LogP contribution in [0.5, 0.6) is 0 Å². The fourth-order valence-electron chi connectivity index (χ4n) is 1.33. The predicted octanol–water partition coefficient (Wildman–Crippen LogP) is 1.01. The van der Waals surface area contributed by atoms with Crippen LogP contribution in [-0.2, 0) is 0 Å². The van der Waals surface area contributed by atoms with Crippen LogP contribution in [0.1, 0.15) is 18.5 Å². The van der Waals surface area contributed by atoms with Gasteiger partial charge in [-0.2, -0.15) is 0 Å². The van der Waals surface area contributed by atoms with Gasteiger partial charge in [0.15, 0.2) is 0 Å². The summed E-state index contributed by atoms with van der Waals surface area (Å²) in [6, 6.07) is 9.38. The van der Waals surface area contributed by atoms with Gasteiger partial charge in [0.1, 0.15) is 0 Å². The smallest absolute Gasteiger partial charge is 0.315 e. The molecule has 1 aromatic rings. The number of rotatable bonds is 4. The molecule has 0 fully saturated rings. The molecule has 0 spiro atoms. The average Bonchev–Trinajstić information content (AvgIpc) is 2.27. The van der Waals surface area contributed by atoms with Crippen LogP contribution in [0.25, 0.3) is 0 Å². The lowest BCUT2D eigenvalue weighted by atomic mass is 10.1. The first kappa shape index (κ1) is 11.5. The fraction of sp³-hybridized carbons (Fsp3) is 0.364. The van der Waals surface area contributed by atoms with Crippen LogP contribution < -0.4 is 16.4 Å². The third-order valence-electron chi connectivity index (χ3n) is 2.08. The number of urea groups is 1. The molecule has 0 aliphatic rings. The summed E-state index contributed by atoms with van der Waals surface area (Å²) in [6.45, 7) is 2.87. The van der Waals surface area contributed by atoms with Gasteiger partial charge in [-0.25, -0.2) is 4.79 Å². The third kappa shape index (κ3) is 3.59. The monoisotopic (exact) mass is 207 g/mol. The molecule has 2 amide bonds. The highest BCUT2D eigenvalue weighted by atomic mass is 16.2. The molecule has 1 aromatic carbocycles. The van der Waals surface area contributed by atoms with Gasteiger partial charge in [-0.1, -0.05) is 30.3 Å². The van der Waals surface area contributed by atoms with Gasteiger partial charge in [0.2, 0.25) is 0 Å². The van der Waals surface area contributed by atoms with Crippen molar-refractivity contribution < 1.29 is 4.79 Å². The maximum Gasteiger partial charge on any atom is 0.315 e. The van der Waals surface area contributed by atoms with Crippen molar-refractivity contribution >= 4 is 6.03 Å². The number of carbonyl (C=O) groups is 1. The van der Waals surface area contributed by atoms with Gasteiger partial charge < -0.3 is 16.4 Å². The zero-order valence-electron chi connectivity index (χ0n) is 8.86. The molecular weight excluding hydrogens is 190 g/mol. The van der Waals surface area contributed by atoms with Crippen LogP contribution in [0, 0.1) is 0 Å². The lowest BCUT2D eigenvalue weighted by molar-refractivity contribution is 0.238. The van der Waals surface area contributed by atoms with Crippen molar-refractivity contribution in [2.75, 3.05) is 13.1 Å². The number of benzene rings is 1. The molecule has 0 radical (unpaired) electrons. The van der Waals surface area contributed by atoms with Gasteiger partial charge in [-0.15, -0.1) is 0 Å². The quantitative estimate of drug-likeness (QED) is 0.689. The summed E-state index contributed by atoms with van der Waals surface area (Å²) in [4.78, 5) is 11.3. The van der Waals surface area contributed by atoms with Crippen LogP contribution >= 0.6 is 0 Å². The zero-order valence-corrected chi connectivity index (χ0v) is 8.86. The van der Waals surface area contributed by atoms with Crippen LogP contribution in [0.3, 0.4) is 0 Å². The first-order valence-corrected chi connectivity index (χ1v) is 5.07. The summed E-state index contributed by atoms with van der Waals surface area (Å²) in [5.74, 6) is 0. The fourth-order valence-corrected chi connectivity index (χ4v) is 1.33. The molecule has 1 rings (SSSR count). The molecule has 4 nitrogen and oxygen atoms in total. The highest BCUT2D eigenvalue weighted by Gasteiger charge is 2.11. The first-order chi connectivity index (χ1) is 7.27. The number of nitrogens with two attached hydrogens (primary N) is 1. The average molecular weight is 207 g/mol. The second kappa shape index (κ2) is 6.03. The predicted molar refractivity (Wildman–Crippen MR) is 60.4 cm³/mol. The molecular formula is C11H17N3O. The highest BCUT2D eigenvalue weighted by Crippen LogP contribution is 2.10. The van der Waals surface area contributed by atoms with Crippen LogP contribution in [0.2, 0.25) is 0 Å². The molecule has 0 heterocycles. The normalized spacial score (nSPS) is 11.9. The number of carbonyl (C=O) groups excluding carboxylic acids is 1. The van der Waals surface area contributed by atoms with E-state index in [9.17, 15) is 4.79 Å². The van der Waals surface area contributed by atoms with Gasteiger partial charge in [0.25, 0.3) is 0 Å². The van der Waals surface area contributed by atoms with Crippen molar-refractivity contribution in [3.05, 3.63) is 35.9 Å². The molecule has 0 aliphatic carbocycles. The van der Waals surface area contributed by atoms with E-state index in [1.807, 2.05) is 37.3 Å². The van der Waals surface area contributed by atoms with Crippen molar-refractivity contribution in [2.24, 2.45) is 5.73 Å². The Labute approximate surface area is 89.9 Å². The van der Waals surface area contributed by atoms with Crippen molar-refractivity contribution in [1.82, 2.24) is 10.6 Å². The minimum atomic E-state index is -0.184. The molecule has 0 bridgehead atoms. The van der Waals surface area contributed by atoms with E-state index in [1.165, 1.54) is 0 Å². The molecule has 1 atom stereocenters.